The lowest BCUT2D eigenvalue weighted by atomic mass is 9.76. The lowest BCUT2D eigenvalue weighted by molar-refractivity contribution is 0.0405. The van der Waals surface area contributed by atoms with Crippen LogP contribution in [0.1, 0.15) is 39.0 Å². The van der Waals surface area contributed by atoms with Crippen LogP contribution in [0.5, 0.6) is 0 Å². The fourth-order valence-electron chi connectivity index (χ4n) is 3.87. The molecule has 0 aromatic rings. The Morgan fingerprint density at radius 3 is 2.68 bits per heavy atom. The van der Waals surface area contributed by atoms with Crippen molar-refractivity contribution in [3.63, 3.8) is 0 Å². The van der Waals surface area contributed by atoms with Crippen LogP contribution in [0.2, 0.25) is 0 Å². The summed E-state index contributed by atoms with van der Waals surface area (Å²) in [4.78, 5) is 13.0. The minimum atomic E-state index is -1.49. The van der Waals surface area contributed by atoms with E-state index in [1.54, 1.807) is 19.1 Å². The van der Waals surface area contributed by atoms with Gasteiger partial charge in [0.2, 0.25) is 0 Å². The molecule has 122 valence electrons. The quantitative estimate of drug-likeness (QED) is 0.842. The first-order valence-electron chi connectivity index (χ1n) is 8.28. The van der Waals surface area contributed by atoms with E-state index in [2.05, 4.69) is 5.32 Å². The van der Waals surface area contributed by atoms with Crippen molar-refractivity contribution in [3.05, 3.63) is 24.3 Å². The molecule has 4 atom stereocenters. The van der Waals surface area contributed by atoms with Crippen LogP contribution in [0.3, 0.4) is 0 Å². The normalized spacial score (nSPS) is 38.8. The van der Waals surface area contributed by atoms with Crippen LogP contribution in [0, 0.1) is 5.92 Å². The minimum absolute atomic E-state index is 0.293. The van der Waals surface area contributed by atoms with Crippen LogP contribution >= 0.6 is 0 Å². The van der Waals surface area contributed by atoms with Gasteiger partial charge in [0.1, 0.15) is 5.67 Å². The molecule has 4 nitrogen and oxygen atoms in total. The molecular weight excluding hydrogens is 283 g/mol. The molecule has 22 heavy (non-hydrogen) atoms. The second-order valence-corrected chi connectivity index (χ2v) is 6.98. The summed E-state index contributed by atoms with van der Waals surface area (Å²) < 4.78 is 14.8. The maximum Gasteiger partial charge on any atom is 0.407 e. The number of carbonyl (C=O) groups is 1. The van der Waals surface area contributed by atoms with Gasteiger partial charge in [0.25, 0.3) is 0 Å². The summed E-state index contributed by atoms with van der Waals surface area (Å²) in [5, 5.41) is 13.1. The van der Waals surface area contributed by atoms with Gasteiger partial charge in [-0.3, -0.25) is 0 Å². The average Bonchev–Trinajstić information content (AvgIpc) is 2.42. The molecule has 3 rings (SSSR count). The number of amides is 1. The first kappa shape index (κ1) is 15.5. The van der Waals surface area contributed by atoms with E-state index in [-0.39, 0.29) is 6.04 Å². The second-order valence-electron chi connectivity index (χ2n) is 6.98. The number of rotatable bonds is 3. The Bertz CT molecular complexity index is 485. The van der Waals surface area contributed by atoms with Crippen LogP contribution in [0.4, 0.5) is 9.18 Å². The number of nitrogens with one attached hydrogen (secondary N) is 1. The van der Waals surface area contributed by atoms with Crippen molar-refractivity contribution in [2.45, 2.75) is 62.8 Å². The zero-order valence-electron chi connectivity index (χ0n) is 13.0. The monoisotopic (exact) mass is 308 g/mol. The van der Waals surface area contributed by atoms with Crippen molar-refractivity contribution < 1.29 is 14.3 Å². The van der Waals surface area contributed by atoms with Crippen molar-refractivity contribution in [1.82, 2.24) is 10.2 Å². The number of hydrogen-bond acceptors (Lipinski definition) is 2. The van der Waals surface area contributed by atoms with E-state index >= 15 is 0 Å². The summed E-state index contributed by atoms with van der Waals surface area (Å²) in [7, 11) is 0. The summed E-state index contributed by atoms with van der Waals surface area (Å²) in [5.41, 5.74) is -1.49. The van der Waals surface area contributed by atoms with Gasteiger partial charge in [0.15, 0.2) is 0 Å². The lowest BCUT2D eigenvalue weighted by Gasteiger charge is -2.46. The molecule has 1 amide bonds. The summed E-state index contributed by atoms with van der Waals surface area (Å²) in [6.07, 6.45) is 11.1. The Labute approximate surface area is 131 Å². The van der Waals surface area contributed by atoms with E-state index in [1.807, 2.05) is 12.2 Å². The zero-order valence-corrected chi connectivity index (χ0v) is 13.0. The third-order valence-electron chi connectivity index (χ3n) is 5.39. The molecule has 0 aromatic heterocycles. The van der Waals surface area contributed by atoms with Crippen LogP contribution in [0.25, 0.3) is 0 Å². The zero-order chi connectivity index (χ0) is 15.7. The third kappa shape index (κ3) is 3.05. The molecule has 5 heteroatoms. The van der Waals surface area contributed by atoms with Crippen molar-refractivity contribution >= 4 is 6.09 Å². The van der Waals surface area contributed by atoms with Gasteiger partial charge in [-0.1, -0.05) is 24.6 Å². The first-order valence-corrected chi connectivity index (χ1v) is 8.28. The van der Waals surface area contributed by atoms with Crippen LogP contribution in [-0.2, 0) is 0 Å². The van der Waals surface area contributed by atoms with E-state index in [0.29, 0.717) is 25.0 Å². The predicted molar refractivity (Wildman–Crippen MR) is 83.6 cm³/mol. The Morgan fingerprint density at radius 1 is 1.32 bits per heavy atom. The van der Waals surface area contributed by atoms with Gasteiger partial charge in [-0.25, -0.2) is 9.18 Å². The lowest BCUT2D eigenvalue weighted by Crippen LogP contribution is -2.57. The highest BCUT2D eigenvalue weighted by Gasteiger charge is 2.44. The molecule has 2 fully saturated rings. The number of halogens is 1. The second kappa shape index (κ2) is 6.03. The molecule has 0 bridgehead atoms. The van der Waals surface area contributed by atoms with Crippen molar-refractivity contribution in [2.24, 2.45) is 5.92 Å². The van der Waals surface area contributed by atoms with Gasteiger partial charge in [-0.2, -0.15) is 0 Å². The Hall–Kier alpha value is -1.36. The Balaban J connectivity index is 1.75. The molecule has 1 aliphatic heterocycles. The summed E-state index contributed by atoms with van der Waals surface area (Å²) in [5.74, 6) is -0.417. The number of carboxylic acid groups (broad SMARTS) is 1. The number of hydrogen-bond donors (Lipinski definition) is 2. The van der Waals surface area contributed by atoms with Crippen LogP contribution < -0.4 is 5.32 Å². The van der Waals surface area contributed by atoms with E-state index in [9.17, 15) is 14.3 Å². The maximum atomic E-state index is 14.8. The van der Waals surface area contributed by atoms with Crippen molar-refractivity contribution in [1.29, 1.82) is 0 Å². The molecular formula is C17H25FN2O2. The summed E-state index contributed by atoms with van der Waals surface area (Å²) in [6.45, 7) is 2.02. The number of allylic oxidation sites excluding steroid dienone is 3. The molecule has 0 aromatic carbocycles. The van der Waals surface area contributed by atoms with E-state index < -0.39 is 17.7 Å². The number of alkyl halides is 1. The summed E-state index contributed by atoms with van der Waals surface area (Å²) >= 11 is 0. The predicted octanol–water partition coefficient (Wildman–Crippen LogP) is 3.11. The molecule has 1 saturated carbocycles. The largest absolute Gasteiger partial charge is 0.465 e. The molecule has 2 aliphatic carbocycles. The van der Waals surface area contributed by atoms with Gasteiger partial charge in [0.05, 0.1) is 0 Å². The molecule has 4 unspecified atom stereocenters. The first-order chi connectivity index (χ1) is 10.5. The highest BCUT2D eigenvalue weighted by molar-refractivity contribution is 5.65. The van der Waals surface area contributed by atoms with Gasteiger partial charge < -0.3 is 15.3 Å². The van der Waals surface area contributed by atoms with E-state index in [1.165, 1.54) is 24.2 Å². The molecule has 3 aliphatic rings. The third-order valence-corrected chi connectivity index (χ3v) is 5.39. The van der Waals surface area contributed by atoms with Gasteiger partial charge in [0, 0.05) is 30.6 Å². The molecule has 2 N–H and O–H groups in total. The highest BCUT2D eigenvalue weighted by atomic mass is 19.1. The van der Waals surface area contributed by atoms with Crippen LogP contribution in [-0.4, -0.2) is 46.4 Å². The van der Waals surface area contributed by atoms with E-state index in [0.717, 1.165) is 6.42 Å². The smallest absolute Gasteiger partial charge is 0.407 e. The maximum absolute atomic E-state index is 14.8. The molecule has 0 spiro atoms. The fourth-order valence-corrected chi connectivity index (χ4v) is 3.87. The standard InChI is InChI=1S/C17H25FN2O2/c1-17(18)9-3-2-7-14(17)15-11-13(19-12-5-4-6-12)8-10-20(15)16(21)22/h2-3,7,9,12-15,19H,4-6,8,10-11H2,1H3,(H,21,22). The minimum Gasteiger partial charge on any atom is -0.465 e. The highest BCUT2D eigenvalue weighted by Crippen LogP contribution is 2.37. The molecule has 1 saturated heterocycles. The molecule has 0 radical (unpaired) electrons. The summed E-state index contributed by atoms with van der Waals surface area (Å²) in [6, 6.07) is 0.557. The SMILES string of the molecule is CC1(F)C=CC=CC1C1CC(NC2CCC2)CCN1C(=O)O. The molecule has 1 heterocycles. The number of likely N-dealkylation sites (tertiary alicyclic amines) is 1. The van der Waals surface area contributed by atoms with Crippen LogP contribution in [0.15, 0.2) is 24.3 Å². The average molecular weight is 308 g/mol. The Morgan fingerprint density at radius 2 is 2.09 bits per heavy atom. The number of piperidine rings is 1. The Kier molecular flexibility index (Phi) is 4.26. The van der Waals surface area contributed by atoms with Gasteiger partial charge in [-0.05, 0) is 38.7 Å². The van der Waals surface area contributed by atoms with Gasteiger partial charge >= 0.3 is 6.09 Å². The van der Waals surface area contributed by atoms with Crippen molar-refractivity contribution in [2.75, 3.05) is 6.54 Å². The van der Waals surface area contributed by atoms with Crippen molar-refractivity contribution in [3.8, 4) is 0 Å². The topological polar surface area (TPSA) is 52.6 Å². The van der Waals surface area contributed by atoms with Gasteiger partial charge in [-0.15, -0.1) is 0 Å². The fraction of sp³-hybridized carbons (Fsp3) is 0.706. The van der Waals surface area contributed by atoms with E-state index in [4.69, 9.17) is 0 Å². The number of nitrogens with zero attached hydrogens (tertiary/aromatic N) is 1.